The zero-order valence-electron chi connectivity index (χ0n) is 15.0. The third-order valence-corrected chi connectivity index (χ3v) is 4.87. The van der Waals surface area contributed by atoms with Crippen LogP contribution in [0, 0.1) is 0 Å². The fraction of sp³-hybridized carbons (Fsp3) is 0.125. The smallest absolute Gasteiger partial charge is 0.137 e. The normalized spacial score (nSPS) is 12.0. The van der Waals surface area contributed by atoms with E-state index in [4.69, 9.17) is 0 Å². The van der Waals surface area contributed by atoms with Crippen molar-refractivity contribution in [2.24, 2.45) is 0 Å². The highest BCUT2D eigenvalue weighted by Gasteiger charge is 2.15. The van der Waals surface area contributed by atoms with Crippen LogP contribution < -0.4 is 0 Å². The van der Waals surface area contributed by atoms with Crippen LogP contribution in [-0.4, -0.2) is 15.1 Å². The molecule has 1 heterocycles. The van der Waals surface area contributed by atoms with E-state index in [9.17, 15) is 5.11 Å². The number of aromatic amines is 1. The summed E-state index contributed by atoms with van der Waals surface area (Å²) in [5.41, 5.74) is 4.93. The Labute approximate surface area is 159 Å². The van der Waals surface area contributed by atoms with E-state index in [1.807, 2.05) is 18.3 Å². The van der Waals surface area contributed by atoms with E-state index in [1.54, 1.807) is 18.3 Å². The van der Waals surface area contributed by atoms with Gasteiger partial charge in [-0.1, -0.05) is 60.7 Å². The third-order valence-electron chi connectivity index (χ3n) is 4.87. The van der Waals surface area contributed by atoms with Gasteiger partial charge in [-0.05, 0) is 53.6 Å². The molecule has 4 rings (SSSR count). The molecule has 0 aliphatic heterocycles. The van der Waals surface area contributed by atoms with Crippen molar-refractivity contribution >= 4 is 0 Å². The first kappa shape index (κ1) is 17.1. The van der Waals surface area contributed by atoms with Gasteiger partial charge in [-0.15, -0.1) is 0 Å². The average Bonchev–Trinajstić information content (AvgIpc) is 3.25. The minimum absolute atomic E-state index is 0.304. The lowest BCUT2D eigenvalue weighted by molar-refractivity contribution is 0.475. The molecule has 0 aliphatic rings. The molecule has 3 nitrogen and oxygen atoms in total. The van der Waals surface area contributed by atoms with E-state index >= 15 is 0 Å². The fourth-order valence-electron chi connectivity index (χ4n) is 3.49. The summed E-state index contributed by atoms with van der Waals surface area (Å²) < 4.78 is 0. The summed E-state index contributed by atoms with van der Waals surface area (Å²) in [4.78, 5) is 7.57. The fourth-order valence-corrected chi connectivity index (χ4v) is 3.49. The van der Waals surface area contributed by atoms with Gasteiger partial charge in [0.1, 0.15) is 11.6 Å². The number of aromatic hydroxyl groups is 1. The Kier molecular flexibility index (Phi) is 5.01. The summed E-state index contributed by atoms with van der Waals surface area (Å²) in [5.74, 6) is 1.53. The first-order valence-electron chi connectivity index (χ1n) is 9.19. The lowest BCUT2D eigenvalue weighted by Crippen LogP contribution is -2.07. The Bertz CT molecular complexity index is 977. The molecular weight excluding hydrogens is 332 g/mol. The number of hydrogen-bond donors (Lipinski definition) is 2. The molecule has 0 saturated carbocycles. The van der Waals surface area contributed by atoms with Crippen molar-refractivity contribution in [1.29, 1.82) is 0 Å². The largest absolute Gasteiger partial charge is 0.508 e. The Hall–Kier alpha value is -3.33. The van der Waals surface area contributed by atoms with Crippen LogP contribution in [0.4, 0.5) is 0 Å². The first-order valence-corrected chi connectivity index (χ1v) is 9.19. The SMILES string of the molecule is Oc1ccc(CC(Cc2ccccc2)c2cccc(-c3ncc[nH]3)c2)cc1. The topological polar surface area (TPSA) is 48.9 Å². The Morgan fingerprint density at radius 1 is 0.815 bits per heavy atom. The van der Waals surface area contributed by atoms with E-state index in [0.29, 0.717) is 11.7 Å². The number of H-pyrrole nitrogens is 1. The van der Waals surface area contributed by atoms with Crippen LogP contribution in [-0.2, 0) is 12.8 Å². The van der Waals surface area contributed by atoms with Crippen molar-refractivity contribution in [2.75, 3.05) is 0 Å². The highest BCUT2D eigenvalue weighted by atomic mass is 16.3. The number of aromatic nitrogens is 2. The number of benzene rings is 3. The monoisotopic (exact) mass is 354 g/mol. The molecule has 1 aromatic heterocycles. The van der Waals surface area contributed by atoms with Crippen molar-refractivity contribution < 1.29 is 5.11 Å². The predicted octanol–water partition coefficient (Wildman–Crippen LogP) is 5.35. The number of rotatable bonds is 6. The Morgan fingerprint density at radius 3 is 2.26 bits per heavy atom. The van der Waals surface area contributed by atoms with Crippen molar-refractivity contribution in [3.05, 3.63) is 108 Å². The molecule has 0 saturated heterocycles. The van der Waals surface area contributed by atoms with Gasteiger partial charge in [0.15, 0.2) is 0 Å². The predicted molar refractivity (Wildman–Crippen MR) is 109 cm³/mol. The molecule has 0 aliphatic carbocycles. The molecule has 3 aromatic carbocycles. The summed E-state index contributed by atoms with van der Waals surface area (Å²) in [5, 5.41) is 9.57. The standard InChI is InChI=1S/C24H22N2O/c27-23-11-9-19(10-12-23)16-22(15-18-5-2-1-3-6-18)20-7-4-8-21(17-20)24-25-13-14-26-24/h1-14,17,22,27H,15-16H2,(H,25,26). The van der Waals surface area contributed by atoms with Gasteiger partial charge in [0.25, 0.3) is 0 Å². The van der Waals surface area contributed by atoms with Crippen LogP contribution in [0.5, 0.6) is 5.75 Å². The molecule has 0 amide bonds. The van der Waals surface area contributed by atoms with E-state index in [0.717, 1.165) is 24.2 Å². The van der Waals surface area contributed by atoms with Crippen LogP contribution in [0.15, 0.2) is 91.3 Å². The highest BCUT2D eigenvalue weighted by molar-refractivity contribution is 5.56. The molecule has 0 fully saturated rings. The van der Waals surface area contributed by atoms with Crippen LogP contribution in [0.1, 0.15) is 22.6 Å². The number of phenols is 1. The zero-order chi connectivity index (χ0) is 18.5. The number of phenolic OH excluding ortho intramolecular Hbond substituents is 1. The van der Waals surface area contributed by atoms with Gasteiger partial charge < -0.3 is 10.1 Å². The summed E-state index contributed by atoms with van der Waals surface area (Å²) in [6.45, 7) is 0. The minimum Gasteiger partial charge on any atom is -0.508 e. The number of nitrogens with zero attached hydrogens (tertiary/aromatic N) is 1. The van der Waals surface area contributed by atoms with E-state index in [-0.39, 0.29) is 0 Å². The second kappa shape index (κ2) is 7.92. The summed E-state index contributed by atoms with van der Waals surface area (Å²) in [7, 11) is 0. The van der Waals surface area contributed by atoms with Gasteiger partial charge in [-0.25, -0.2) is 4.98 Å². The second-order valence-corrected chi connectivity index (χ2v) is 6.82. The van der Waals surface area contributed by atoms with Crippen LogP contribution in [0.2, 0.25) is 0 Å². The van der Waals surface area contributed by atoms with Crippen LogP contribution in [0.3, 0.4) is 0 Å². The number of hydrogen-bond acceptors (Lipinski definition) is 2. The lowest BCUT2D eigenvalue weighted by Gasteiger charge is -2.19. The molecule has 3 heteroatoms. The third kappa shape index (κ3) is 4.26. The maximum Gasteiger partial charge on any atom is 0.137 e. The van der Waals surface area contributed by atoms with Gasteiger partial charge in [0.05, 0.1) is 0 Å². The molecule has 2 N–H and O–H groups in total. The van der Waals surface area contributed by atoms with Gasteiger partial charge in [-0.3, -0.25) is 0 Å². The summed E-state index contributed by atoms with van der Waals surface area (Å²) >= 11 is 0. The number of nitrogens with one attached hydrogen (secondary N) is 1. The van der Waals surface area contributed by atoms with Gasteiger partial charge in [0.2, 0.25) is 0 Å². The summed E-state index contributed by atoms with van der Waals surface area (Å²) in [6.07, 6.45) is 5.50. The van der Waals surface area contributed by atoms with Crippen molar-refractivity contribution in [3.8, 4) is 17.1 Å². The average molecular weight is 354 g/mol. The van der Waals surface area contributed by atoms with Crippen molar-refractivity contribution in [2.45, 2.75) is 18.8 Å². The molecule has 4 aromatic rings. The zero-order valence-corrected chi connectivity index (χ0v) is 15.0. The van der Waals surface area contributed by atoms with Gasteiger partial charge in [-0.2, -0.15) is 0 Å². The van der Waals surface area contributed by atoms with Crippen LogP contribution in [0.25, 0.3) is 11.4 Å². The van der Waals surface area contributed by atoms with E-state index in [2.05, 4.69) is 64.6 Å². The quantitative estimate of drug-likeness (QED) is 0.490. The Morgan fingerprint density at radius 2 is 1.56 bits per heavy atom. The maximum atomic E-state index is 9.57. The molecule has 0 spiro atoms. The number of imidazole rings is 1. The summed E-state index contributed by atoms with van der Waals surface area (Å²) in [6, 6.07) is 26.7. The second-order valence-electron chi connectivity index (χ2n) is 6.82. The molecule has 0 radical (unpaired) electrons. The van der Waals surface area contributed by atoms with E-state index in [1.165, 1.54) is 16.7 Å². The van der Waals surface area contributed by atoms with Crippen LogP contribution >= 0.6 is 0 Å². The molecule has 0 bridgehead atoms. The van der Waals surface area contributed by atoms with Crippen molar-refractivity contribution in [1.82, 2.24) is 9.97 Å². The molecule has 134 valence electrons. The first-order chi connectivity index (χ1) is 13.3. The lowest BCUT2D eigenvalue weighted by atomic mass is 9.86. The molecule has 27 heavy (non-hydrogen) atoms. The van der Waals surface area contributed by atoms with Gasteiger partial charge >= 0.3 is 0 Å². The maximum absolute atomic E-state index is 9.57. The Balaban J connectivity index is 1.66. The van der Waals surface area contributed by atoms with Gasteiger partial charge in [0, 0.05) is 18.0 Å². The molecular formula is C24H22N2O. The highest BCUT2D eigenvalue weighted by Crippen LogP contribution is 2.28. The molecule has 1 atom stereocenters. The molecule has 1 unspecified atom stereocenters. The van der Waals surface area contributed by atoms with E-state index < -0.39 is 0 Å². The minimum atomic E-state index is 0.304. The van der Waals surface area contributed by atoms with Crippen molar-refractivity contribution in [3.63, 3.8) is 0 Å².